The summed E-state index contributed by atoms with van der Waals surface area (Å²) < 4.78 is 10.6. The molecule has 0 aromatic heterocycles. The Morgan fingerprint density at radius 3 is 2.71 bits per heavy atom. The minimum Gasteiger partial charge on any atom is -0.454 e. The Morgan fingerprint density at radius 1 is 1.33 bits per heavy atom. The van der Waals surface area contributed by atoms with Crippen LogP contribution in [0.2, 0.25) is 0 Å². The van der Waals surface area contributed by atoms with E-state index in [9.17, 15) is 4.79 Å². The largest absolute Gasteiger partial charge is 0.454 e. The van der Waals surface area contributed by atoms with Gasteiger partial charge in [-0.25, -0.2) is 0 Å². The number of hydrogen-bond acceptors (Lipinski definition) is 4. The number of hydrogen-bond donors (Lipinski definition) is 2. The van der Waals surface area contributed by atoms with Crippen molar-refractivity contribution >= 4 is 17.3 Å². The number of nitrogens with two attached hydrogens (primary N) is 1. The third-order valence-corrected chi connectivity index (χ3v) is 3.84. The highest BCUT2D eigenvalue weighted by Gasteiger charge is 2.18. The van der Waals surface area contributed by atoms with Crippen molar-refractivity contribution in [1.29, 1.82) is 0 Å². The number of amides is 1. The number of carbonyl (C=O) groups is 1. The van der Waals surface area contributed by atoms with Gasteiger partial charge in [0.05, 0.1) is 11.4 Å². The maximum atomic E-state index is 12.2. The van der Waals surface area contributed by atoms with Gasteiger partial charge in [-0.1, -0.05) is 33.1 Å². The molecule has 1 atom stereocenters. The lowest BCUT2D eigenvalue weighted by molar-refractivity contribution is -0.117. The smallest absolute Gasteiger partial charge is 0.231 e. The molecule has 1 aromatic carbocycles. The summed E-state index contributed by atoms with van der Waals surface area (Å²) >= 11 is 0. The van der Waals surface area contributed by atoms with E-state index >= 15 is 0 Å². The van der Waals surface area contributed by atoms with E-state index in [1.165, 1.54) is 0 Å². The highest BCUT2D eigenvalue weighted by molar-refractivity contribution is 5.94. The Bertz CT molecular complexity index is 503. The van der Waals surface area contributed by atoms with Crippen molar-refractivity contribution in [2.45, 2.75) is 46.0 Å². The molecule has 5 nitrogen and oxygen atoms in total. The van der Waals surface area contributed by atoms with Gasteiger partial charge >= 0.3 is 0 Å². The number of rotatable bonds is 7. The quantitative estimate of drug-likeness (QED) is 0.754. The van der Waals surface area contributed by atoms with Gasteiger partial charge in [0, 0.05) is 18.6 Å². The summed E-state index contributed by atoms with van der Waals surface area (Å²) in [7, 11) is 0. The first-order chi connectivity index (χ1) is 10.1. The summed E-state index contributed by atoms with van der Waals surface area (Å²) in [6, 6.07) is 3.41. The maximum absolute atomic E-state index is 12.2. The van der Waals surface area contributed by atoms with Crippen LogP contribution in [0.1, 0.15) is 46.0 Å². The molecule has 5 heteroatoms. The zero-order valence-electron chi connectivity index (χ0n) is 12.8. The van der Waals surface area contributed by atoms with E-state index in [1.54, 1.807) is 12.1 Å². The zero-order valence-corrected chi connectivity index (χ0v) is 12.8. The van der Waals surface area contributed by atoms with Gasteiger partial charge in [-0.2, -0.15) is 0 Å². The number of fused-ring (bicyclic) bond motifs is 1. The molecule has 3 N–H and O–H groups in total. The second-order valence-corrected chi connectivity index (χ2v) is 5.46. The molecule has 1 aromatic rings. The standard InChI is InChI=1S/C16H24N2O3/c1-3-5-6-11(4-2)7-16(19)18-13-9-15-14(8-12(13)17)20-10-21-15/h8-9,11H,3-7,10,17H2,1-2H3,(H,18,19). The van der Waals surface area contributed by atoms with Gasteiger partial charge in [-0.15, -0.1) is 0 Å². The van der Waals surface area contributed by atoms with Crippen LogP contribution in [0.4, 0.5) is 11.4 Å². The third kappa shape index (κ3) is 4.03. The minimum atomic E-state index is 0.00326. The molecule has 0 radical (unpaired) electrons. The zero-order chi connectivity index (χ0) is 15.2. The van der Waals surface area contributed by atoms with Crippen LogP contribution >= 0.6 is 0 Å². The van der Waals surface area contributed by atoms with Gasteiger partial charge in [0.1, 0.15) is 0 Å². The second-order valence-electron chi connectivity index (χ2n) is 5.46. The summed E-state index contributed by atoms with van der Waals surface area (Å²) in [5.41, 5.74) is 7.02. The van der Waals surface area contributed by atoms with Crippen LogP contribution in [0.15, 0.2) is 12.1 Å². The SMILES string of the molecule is CCCCC(CC)CC(=O)Nc1cc2c(cc1N)OCO2. The molecule has 21 heavy (non-hydrogen) atoms. The fourth-order valence-electron chi connectivity index (χ4n) is 2.47. The van der Waals surface area contributed by atoms with Crippen LogP contribution in [0.25, 0.3) is 0 Å². The van der Waals surface area contributed by atoms with Crippen LogP contribution in [-0.4, -0.2) is 12.7 Å². The van der Waals surface area contributed by atoms with Crippen molar-refractivity contribution in [2.75, 3.05) is 17.8 Å². The fraction of sp³-hybridized carbons (Fsp3) is 0.562. The van der Waals surface area contributed by atoms with Gasteiger partial charge < -0.3 is 20.5 Å². The Hall–Kier alpha value is -1.91. The van der Waals surface area contributed by atoms with Gasteiger partial charge in [-0.05, 0) is 12.3 Å². The van der Waals surface area contributed by atoms with Crippen molar-refractivity contribution in [1.82, 2.24) is 0 Å². The predicted molar refractivity (Wildman–Crippen MR) is 83.5 cm³/mol. The molecule has 2 rings (SSSR count). The van der Waals surface area contributed by atoms with Gasteiger partial charge in [0.2, 0.25) is 12.7 Å². The molecule has 1 heterocycles. The minimum absolute atomic E-state index is 0.00326. The Balaban J connectivity index is 1.96. The average molecular weight is 292 g/mol. The van der Waals surface area contributed by atoms with Gasteiger partial charge in [0.25, 0.3) is 0 Å². The monoisotopic (exact) mass is 292 g/mol. The summed E-state index contributed by atoms with van der Waals surface area (Å²) in [4.78, 5) is 12.2. The Labute approximate surface area is 125 Å². The average Bonchev–Trinajstić information content (AvgIpc) is 2.90. The van der Waals surface area contributed by atoms with Gasteiger partial charge in [-0.3, -0.25) is 4.79 Å². The Kier molecular flexibility index (Phi) is 5.31. The number of nitrogen functional groups attached to an aromatic ring is 1. The number of benzene rings is 1. The number of unbranched alkanes of at least 4 members (excludes halogenated alkanes) is 1. The summed E-state index contributed by atoms with van der Waals surface area (Å²) in [6.07, 6.45) is 4.97. The molecule has 0 aliphatic carbocycles. The van der Waals surface area contributed by atoms with E-state index in [0.29, 0.717) is 35.2 Å². The van der Waals surface area contributed by atoms with E-state index in [1.807, 2.05) is 0 Å². The van der Waals surface area contributed by atoms with E-state index in [2.05, 4.69) is 19.2 Å². The molecule has 0 bridgehead atoms. The molecule has 0 fully saturated rings. The van der Waals surface area contributed by atoms with Crippen LogP contribution in [-0.2, 0) is 4.79 Å². The van der Waals surface area contributed by atoms with E-state index in [4.69, 9.17) is 15.2 Å². The van der Waals surface area contributed by atoms with Crippen molar-refractivity contribution < 1.29 is 14.3 Å². The molecule has 0 spiro atoms. The molecule has 1 aliphatic heterocycles. The van der Waals surface area contributed by atoms with Crippen LogP contribution in [0.3, 0.4) is 0 Å². The third-order valence-electron chi connectivity index (χ3n) is 3.84. The van der Waals surface area contributed by atoms with Crippen LogP contribution < -0.4 is 20.5 Å². The first-order valence-electron chi connectivity index (χ1n) is 7.63. The van der Waals surface area contributed by atoms with E-state index in [-0.39, 0.29) is 12.7 Å². The molecule has 1 amide bonds. The number of anilines is 2. The van der Waals surface area contributed by atoms with E-state index in [0.717, 1.165) is 25.7 Å². The van der Waals surface area contributed by atoms with Crippen LogP contribution in [0, 0.1) is 5.92 Å². The van der Waals surface area contributed by atoms with E-state index < -0.39 is 0 Å². The Morgan fingerprint density at radius 2 is 2.05 bits per heavy atom. The maximum Gasteiger partial charge on any atom is 0.231 e. The molecule has 116 valence electrons. The van der Waals surface area contributed by atoms with Crippen molar-refractivity contribution in [3.8, 4) is 11.5 Å². The lowest BCUT2D eigenvalue weighted by Gasteiger charge is -2.15. The summed E-state index contributed by atoms with van der Waals surface area (Å²) in [5.74, 6) is 1.68. The number of nitrogens with one attached hydrogen (secondary N) is 1. The lowest BCUT2D eigenvalue weighted by atomic mass is 9.95. The first-order valence-corrected chi connectivity index (χ1v) is 7.63. The molecule has 0 saturated carbocycles. The second kappa shape index (κ2) is 7.20. The predicted octanol–water partition coefficient (Wildman–Crippen LogP) is 3.54. The normalized spacial score (nSPS) is 14.0. The highest BCUT2D eigenvalue weighted by atomic mass is 16.7. The van der Waals surface area contributed by atoms with Gasteiger partial charge in [0.15, 0.2) is 11.5 Å². The molecule has 0 saturated heterocycles. The molecular formula is C16H24N2O3. The van der Waals surface area contributed by atoms with Crippen molar-refractivity contribution in [3.63, 3.8) is 0 Å². The number of ether oxygens (including phenoxy) is 2. The fourth-order valence-corrected chi connectivity index (χ4v) is 2.47. The number of carbonyl (C=O) groups excluding carboxylic acids is 1. The van der Waals surface area contributed by atoms with Crippen molar-refractivity contribution in [2.24, 2.45) is 5.92 Å². The highest BCUT2D eigenvalue weighted by Crippen LogP contribution is 2.38. The molecular weight excluding hydrogens is 268 g/mol. The molecule has 1 aliphatic rings. The first kappa shape index (κ1) is 15.5. The molecule has 1 unspecified atom stereocenters. The summed E-state index contributed by atoms with van der Waals surface area (Å²) in [5, 5.41) is 2.88. The lowest BCUT2D eigenvalue weighted by Crippen LogP contribution is -2.17. The topological polar surface area (TPSA) is 73.6 Å². The van der Waals surface area contributed by atoms with Crippen molar-refractivity contribution in [3.05, 3.63) is 12.1 Å². The van der Waals surface area contributed by atoms with Crippen LogP contribution in [0.5, 0.6) is 11.5 Å². The summed E-state index contributed by atoms with van der Waals surface area (Å²) in [6.45, 7) is 4.49.